The predicted molar refractivity (Wildman–Crippen MR) is 51.7 cm³/mol. The van der Waals surface area contributed by atoms with Crippen molar-refractivity contribution in [2.75, 3.05) is 0 Å². The van der Waals surface area contributed by atoms with Gasteiger partial charge in [-0.2, -0.15) is 9.98 Å². The van der Waals surface area contributed by atoms with Crippen LogP contribution in [0, 0.1) is 0 Å². The molecule has 1 heterocycles. The van der Waals surface area contributed by atoms with E-state index in [1.165, 1.54) is 0 Å². The second kappa shape index (κ2) is 2.48. The lowest BCUT2D eigenvalue weighted by molar-refractivity contribution is 0.257. The molecule has 0 radical (unpaired) electrons. The van der Waals surface area contributed by atoms with Gasteiger partial charge in [0.25, 0.3) is 0 Å². The maximum Gasteiger partial charge on any atom is 0.368 e. The number of carbonyl (C=O) groups excluding carboxylic acids is 1. The number of carbonyl (C=O) groups is 1. The van der Waals surface area contributed by atoms with Crippen LogP contribution in [0.1, 0.15) is 0 Å². The van der Waals surface area contributed by atoms with E-state index >= 15 is 0 Å². The van der Waals surface area contributed by atoms with Crippen molar-refractivity contribution in [1.82, 2.24) is 0 Å². The van der Waals surface area contributed by atoms with E-state index in [-0.39, 0.29) is 0 Å². The first kappa shape index (κ1) is 7.38. The molecule has 0 unspecified atom stereocenters. The summed E-state index contributed by atoms with van der Waals surface area (Å²) >= 11 is 0. The van der Waals surface area contributed by atoms with Crippen molar-refractivity contribution in [2.24, 2.45) is 9.98 Å². The van der Waals surface area contributed by atoms with Crippen LogP contribution in [0.15, 0.2) is 46.4 Å². The molecule has 0 spiro atoms. The monoisotopic (exact) mass is 182 g/mol. The second-order valence-corrected chi connectivity index (χ2v) is 3.16. The average molecular weight is 182 g/mol. The highest BCUT2D eigenvalue weighted by Crippen LogP contribution is 2.07. The lowest BCUT2D eigenvalue weighted by atomic mass is 10.1. The zero-order chi connectivity index (χ0) is 9.54. The van der Waals surface area contributed by atoms with Crippen molar-refractivity contribution in [3.05, 3.63) is 47.1 Å². The summed E-state index contributed by atoms with van der Waals surface area (Å²) in [6.45, 7) is 0. The number of hydrogen-bond donors (Lipinski definition) is 0. The summed E-state index contributed by atoms with van der Waals surface area (Å²) < 4.78 is 0. The normalized spacial score (nSPS) is 13.6. The van der Waals surface area contributed by atoms with Gasteiger partial charge in [-0.15, -0.1) is 0 Å². The highest BCUT2D eigenvalue weighted by molar-refractivity contribution is 5.86. The minimum atomic E-state index is -0.406. The van der Waals surface area contributed by atoms with Crippen molar-refractivity contribution in [1.29, 1.82) is 0 Å². The largest absolute Gasteiger partial charge is 0.368 e. The Hall–Kier alpha value is -2.03. The maximum absolute atomic E-state index is 11.0. The lowest BCUT2D eigenvalue weighted by Crippen LogP contribution is -2.21. The van der Waals surface area contributed by atoms with E-state index in [4.69, 9.17) is 0 Å². The van der Waals surface area contributed by atoms with Crippen LogP contribution in [0.2, 0.25) is 0 Å². The van der Waals surface area contributed by atoms with E-state index in [1.807, 2.05) is 36.4 Å². The molecular formula is C11H6N2O. The quantitative estimate of drug-likeness (QED) is 0.603. The summed E-state index contributed by atoms with van der Waals surface area (Å²) in [7, 11) is 0. The molecule has 0 aliphatic carbocycles. The van der Waals surface area contributed by atoms with Gasteiger partial charge in [0.2, 0.25) is 0 Å². The molecule has 0 fully saturated rings. The molecule has 66 valence electrons. The molecule has 3 heteroatoms. The van der Waals surface area contributed by atoms with Gasteiger partial charge in [-0.25, -0.2) is 4.79 Å². The Labute approximate surface area is 79.4 Å². The third-order valence-electron chi connectivity index (χ3n) is 2.30. The molecule has 2 aromatic carbocycles. The molecule has 3 nitrogen and oxygen atoms in total. The predicted octanol–water partition coefficient (Wildman–Crippen LogP) is 1.21. The van der Waals surface area contributed by atoms with Gasteiger partial charge in [0.15, 0.2) is 0 Å². The summed E-state index contributed by atoms with van der Waals surface area (Å²) in [5.41, 5.74) is 0. The number of amides is 2. The van der Waals surface area contributed by atoms with E-state index in [2.05, 4.69) is 9.98 Å². The first-order chi connectivity index (χ1) is 6.84. The van der Waals surface area contributed by atoms with Gasteiger partial charge in [-0.1, -0.05) is 30.3 Å². The van der Waals surface area contributed by atoms with Crippen LogP contribution < -0.4 is 10.7 Å². The molecular weight excluding hydrogens is 176 g/mol. The van der Waals surface area contributed by atoms with Gasteiger partial charge in [0.1, 0.15) is 5.36 Å². The Bertz CT molecular complexity index is 659. The first-order valence-electron chi connectivity index (χ1n) is 4.34. The van der Waals surface area contributed by atoms with Gasteiger partial charge in [0, 0.05) is 5.39 Å². The molecule has 1 aliphatic heterocycles. The van der Waals surface area contributed by atoms with Crippen molar-refractivity contribution in [3.8, 4) is 0 Å². The standard InChI is InChI=1S/C11H6N2O/c14-11-12-9-6-5-7-3-1-2-4-8(7)10(9)13-11/h1-6H. The van der Waals surface area contributed by atoms with Crippen molar-refractivity contribution < 1.29 is 4.79 Å². The van der Waals surface area contributed by atoms with E-state index < -0.39 is 6.03 Å². The summed E-state index contributed by atoms with van der Waals surface area (Å²) in [5.74, 6) is 0. The van der Waals surface area contributed by atoms with Crippen molar-refractivity contribution in [3.63, 3.8) is 0 Å². The SMILES string of the molecule is O=C1N=c2ccc3ccccc3c2=N1. The van der Waals surface area contributed by atoms with E-state index in [9.17, 15) is 4.79 Å². The Morgan fingerprint density at radius 2 is 1.79 bits per heavy atom. The third kappa shape index (κ3) is 0.893. The number of benzene rings is 2. The molecule has 0 bridgehead atoms. The second-order valence-electron chi connectivity index (χ2n) is 3.16. The van der Waals surface area contributed by atoms with Gasteiger partial charge in [-0.05, 0) is 11.5 Å². The molecule has 0 saturated heterocycles. The molecule has 0 atom stereocenters. The fourth-order valence-electron chi connectivity index (χ4n) is 1.68. The Kier molecular flexibility index (Phi) is 1.31. The molecule has 2 amide bonds. The average Bonchev–Trinajstić information content (AvgIpc) is 2.59. The van der Waals surface area contributed by atoms with Gasteiger partial charge < -0.3 is 0 Å². The fraction of sp³-hybridized carbons (Fsp3) is 0. The Balaban J connectivity index is 2.65. The fourth-order valence-corrected chi connectivity index (χ4v) is 1.68. The number of fused-ring (bicyclic) bond motifs is 3. The number of rotatable bonds is 0. The molecule has 2 aromatic rings. The molecule has 14 heavy (non-hydrogen) atoms. The molecule has 0 N–H and O–H groups in total. The third-order valence-corrected chi connectivity index (χ3v) is 2.30. The van der Waals surface area contributed by atoms with Crippen LogP contribution in [0.5, 0.6) is 0 Å². The van der Waals surface area contributed by atoms with Gasteiger partial charge >= 0.3 is 6.03 Å². The molecule has 0 saturated carbocycles. The van der Waals surface area contributed by atoms with E-state index in [0.717, 1.165) is 10.8 Å². The zero-order valence-corrected chi connectivity index (χ0v) is 7.27. The van der Waals surface area contributed by atoms with Crippen LogP contribution in [0.25, 0.3) is 10.8 Å². The summed E-state index contributed by atoms with van der Waals surface area (Å²) in [6.07, 6.45) is 0. The van der Waals surface area contributed by atoms with Crippen LogP contribution in [0.4, 0.5) is 4.79 Å². The Morgan fingerprint density at radius 3 is 2.71 bits per heavy atom. The summed E-state index contributed by atoms with van der Waals surface area (Å²) in [6, 6.07) is 11.2. The van der Waals surface area contributed by atoms with Crippen LogP contribution in [0.3, 0.4) is 0 Å². The molecule has 1 aliphatic rings. The van der Waals surface area contributed by atoms with Crippen LogP contribution >= 0.6 is 0 Å². The van der Waals surface area contributed by atoms with Crippen LogP contribution in [-0.2, 0) is 0 Å². The van der Waals surface area contributed by atoms with Crippen molar-refractivity contribution >= 4 is 16.8 Å². The van der Waals surface area contributed by atoms with Gasteiger partial charge in [-0.3, -0.25) is 0 Å². The zero-order valence-electron chi connectivity index (χ0n) is 7.27. The summed E-state index contributed by atoms with van der Waals surface area (Å²) in [5, 5.41) is 3.45. The number of hydrogen-bond acceptors (Lipinski definition) is 1. The number of nitrogens with zero attached hydrogens (tertiary/aromatic N) is 2. The Morgan fingerprint density at radius 1 is 0.929 bits per heavy atom. The van der Waals surface area contributed by atoms with Crippen molar-refractivity contribution in [2.45, 2.75) is 0 Å². The highest BCUT2D eigenvalue weighted by Gasteiger charge is 2.06. The van der Waals surface area contributed by atoms with E-state index in [0.29, 0.717) is 10.7 Å². The van der Waals surface area contributed by atoms with Crippen LogP contribution in [-0.4, -0.2) is 6.03 Å². The lowest BCUT2D eigenvalue weighted by Gasteiger charge is -1.93. The summed E-state index contributed by atoms with van der Waals surface area (Å²) in [4.78, 5) is 18.7. The highest BCUT2D eigenvalue weighted by atomic mass is 16.2. The number of urea groups is 1. The topological polar surface area (TPSA) is 41.8 Å². The molecule has 0 aromatic heterocycles. The minimum Gasteiger partial charge on any atom is -0.244 e. The smallest absolute Gasteiger partial charge is 0.244 e. The maximum atomic E-state index is 11.0. The molecule has 3 rings (SSSR count). The minimum absolute atomic E-state index is 0.406. The van der Waals surface area contributed by atoms with E-state index in [1.54, 1.807) is 0 Å². The first-order valence-corrected chi connectivity index (χ1v) is 4.34. The van der Waals surface area contributed by atoms with Gasteiger partial charge in [0.05, 0.1) is 5.36 Å².